The molecule has 402 valence electrons. The van der Waals surface area contributed by atoms with Crippen LogP contribution >= 0.6 is 0 Å². The summed E-state index contributed by atoms with van der Waals surface area (Å²) in [5.41, 5.74) is 0. The molecule has 0 amide bonds. The third-order valence-corrected chi connectivity index (χ3v) is 13.1. The molecule has 0 spiro atoms. The summed E-state index contributed by atoms with van der Waals surface area (Å²) >= 11 is 0. The van der Waals surface area contributed by atoms with Crippen molar-refractivity contribution in [2.24, 2.45) is 0 Å². The zero-order valence-electron chi connectivity index (χ0n) is 46.8. The van der Waals surface area contributed by atoms with Crippen LogP contribution in [0.2, 0.25) is 0 Å². The molecule has 69 heavy (non-hydrogen) atoms. The Kier molecular flexibility index (Phi) is 56.5. The van der Waals surface area contributed by atoms with Gasteiger partial charge < -0.3 is 19.1 Å². The molecule has 0 aromatic carbocycles. The minimum absolute atomic E-state index is 0.0775. The van der Waals surface area contributed by atoms with E-state index in [4.69, 9.17) is 14.2 Å². The Hall–Kier alpha value is -2.21. The van der Waals surface area contributed by atoms with Crippen LogP contribution in [0.4, 0.5) is 0 Å². The first-order valence-electron chi connectivity index (χ1n) is 30.0. The van der Waals surface area contributed by atoms with E-state index in [-0.39, 0.29) is 18.2 Å². The Morgan fingerprint density at radius 3 is 1.16 bits per heavy atom. The fourth-order valence-electron chi connectivity index (χ4n) is 8.56. The van der Waals surface area contributed by atoms with Gasteiger partial charge in [-0.2, -0.15) is 0 Å². The highest BCUT2D eigenvalue weighted by Crippen LogP contribution is 2.19. The van der Waals surface area contributed by atoms with E-state index >= 15 is 0 Å². The van der Waals surface area contributed by atoms with Gasteiger partial charge in [0.25, 0.3) is 0 Å². The Morgan fingerprint density at radius 2 is 0.754 bits per heavy atom. The molecule has 0 aromatic heterocycles. The zero-order valence-corrected chi connectivity index (χ0v) is 46.8. The first-order chi connectivity index (χ1) is 34.0. The number of hydrogen-bond acceptors (Lipinski definition) is 5. The van der Waals surface area contributed by atoms with Crippen molar-refractivity contribution in [1.29, 1.82) is 0 Å². The lowest BCUT2D eigenvalue weighted by atomic mass is 10.0. The molecule has 0 radical (unpaired) electrons. The Balaban J connectivity index is 4.99. The van der Waals surface area contributed by atoms with E-state index in [1.54, 1.807) is 0 Å². The third kappa shape index (κ3) is 55.0. The van der Waals surface area contributed by atoms with E-state index in [9.17, 15) is 4.79 Å². The SMILES string of the molecule is CCCCCC=CCC=CCCCCCCCCOCC(OCCCCCCCCC=CCC=CCCCCC)C(CCCCCCCCC=CCC=CCCCCC)OC(=O)CCCCN(C)C. The van der Waals surface area contributed by atoms with Crippen molar-refractivity contribution in [3.63, 3.8) is 0 Å². The van der Waals surface area contributed by atoms with Gasteiger partial charge in [0.05, 0.1) is 6.61 Å². The van der Waals surface area contributed by atoms with Crippen molar-refractivity contribution in [3.8, 4) is 0 Å². The van der Waals surface area contributed by atoms with Crippen LogP contribution in [-0.2, 0) is 19.0 Å². The van der Waals surface area contributed by atoms with Crippen LogP contribution in [0.1, 0.15) is 278 Å². The highest BCUT2D eigenvalue weighted by Gasteiger charge is 2.26. The standard InChI is InChI=1S/C64H117NO4/c1-6-9-12-15-18-21-24-27-30-33-36-39-42-45-48-51-56-62(69-64(66)57-52-53-58-65(4)5)63(68-60-55-50-47-44-41-38-35-32-29-26-23-20-17-14-11-8-3)61-67-59-54-49-46-43-40-37-34-31-28-25-22-19-16-13-10-7-2/h18-23,27-32,62-63H,6-17,24-26,33-61H2,1-5H3. The van der Waals surface area contributed by atoms with Crippen LogP contribution in [0.25, 0.3) is 0 Å². The second-order valence-corrected chi connectivity index (χ2v) is 20.3. The largest absolute Gasteiger partial charge is 0.459 e. The van der Waals surface area contributed by atoms with Gasteiger partial charge in [0, 0.05) is 19.6 Å². The minimum atomic E-state index is -0.252. The second-order valence-electron chi connectivity index (χ2n) is 20.3. The summed E-state index contributed by atoms with van der Waals surface area (Å²) in [6.45, 7) is 9.74. The van der Waals surface area contributed by atoms with Crippen LogP contribution in [0.5, 0.6) is 0 Å². The van der Waals surface area contributed by atoms with Gasteiger partial charge >= 0.3 is 5.97 Å². The Labute approximate surface area is 431 Å². The van der Waals surface area contributed by atoms with Gasteiger partial charge in [0.15, 0.2) is 0 Å². The number of allylic oxidation sites excluding steroid dienone is 12. The smallest absolute Gasteiger partial charge is 0.306 e. The van der Waals surface area contributed by atoms with Crippen molar-refractivity contribution in [2.75, 3.05) is 40.5 Å². The van der Waals surface area contributed by atoms with E-state index in [1.807, 2.05) is 0 Å². The molecule has 0 N–H and O–H groups in total. The molecule has 0 bridgehead atoms. The maximum atomic E-state index is 13.3. The van der Waals surface area contributed by atoms with Gasteiger partial charge in [-0.05, 0) is 155 Å². The number of unbranched alkanes of at least 4 members (excludes halogenated alkanes) is 28. The first kappa shape index (κ1) is 66.8. The van der Waals surface area contributed by atoms with E-state index in [0.29, 0.717) is 19.6 Å². The average molecular weight is 965 g/mol. The summed E-state index contributed by atoms with van der Waals surface area (Å²) < 4.78 is 19.3. The van der Waals surface area contributed by atoms with E-state index in [2.05, 4.69) is 113 Å². The molecule has 2 atom stereocenters. The number of ether oxygens (including phenoxy) is 3. The zero-order chi connectivity index (χ0) is 50.0. The molecule has 0 aliphatic rings. The van der Waals surface area contributed by atoms with Crippen molar-refractivity contribution >= 4 is 5.97 Å². The predicted octanol–water partition coefficient (Wildman–Crippen LogP) is 19.9. The number of esters is 1. The van der Waals surface area contributed by atoms with Gasteiger partial charge in [-0.1, -0.05) is 209 Å². The summed E-state index contributed by atoms with van der Waals surface area (Å²) in [4.78, 5) is 15.5. The molecule has 0 fully saturated rings. The fourth-order valence-corrected chi connectivity index (χ4v) is 8.56. The van der Waals surface area contributed by atoms with E-state index in [1.165, 1.54) is 193 Å². The molecular formula is C64H117NO4. The number of carbonyl (C=O) groups excluding carboxylic acids is 1. The van der Waals surface area contributed by atoms with Crippen LogP contribution in [0, 0.1) is 0 Å². The highest BCUT2D eigenvalue weighted by atomic mass is 16.6. The number of carbonyl (C=O) groups is 1. The highest BCUT2D eigenvalue weighted by molar-refractivity contribution is 5.69. The normalized spacial score (nSPS) is 13.4. The molecule has 0 aliphatic heterocycles. The molecule has 5 nitrogen and oxygen atoms in total. The maximum Gasteiger partial charge on any atom is 0.306 e. The van der Waals surface area contributed by atoms with Gasteiger partial charge in [-0.3, -0.25) is 4.79 Å². The average Bonchev–Trinajstić information content (AvgIpc) is 3.34. The van der Waals surface area contributed by atoms with Crippen LogP contribution in [-0.4, -0.2) is 63.5 Å². The van der Waals surface area contributed by atoms with Gasteiger partial charge in [0.1, 0.15) is 12.2 Å². The van der Waals surface area contributed by atoms with Crippen molar-refractivity contribution in [3.05, 3.63) is 72.9 Å². The van der Waals surface area contributed by atoms with Crippen LogP contribution in [0.15, 0.2) is 72.9 Å². The summed E-state index contributed by atoms with van der Waals surface area (Å²) in [6, 6.07) is 0. The second kappa shape index (κ2) is 58.4. The lowest BCUT2D eigenvalue weighted by Crippen LogP contribution is -2.37. The molecule has 0 aliphatic carbocycles. The number of hydrogen-bond donors (Lipinski definition) is 0. The lowest BCUT2D eigenvalue weighted by molar-refractivity contribution is -0.162. The summed E-state index contributed by atoms with van der Waals surface area (Å²) in [5.74, 6) is -0.0775. The Bertz CT molecular complexity index is 1200. The third-order valence-electron chi connectivity index (χ3n) is 13.1. The Morgan fingerprint density at radius 1 is 0.391 bits per heavy atom. The van der Waals surface area contributed by atoms with Crippen molar-refractivity contribution in [1.82, 2.24) is 4.90 Å². The molecule has 0 saturated carbocycles. The number of nitrogens with zero attached hydrogens (tertiary/aromatic N) is 1. The molecule has 0 heterocycles. The summed E-state index contributed by atoms with van der Waals surface area (Å²) in [7, 11) is 4.18. The van der Waals surface area contributed by atoms with Gasteiger partial charge in [-0.25, -0.2) is 0 Å². The van der Waals surface area contributed by atoms with Crippen LogP contribution in [0.3, 0.4) is 0 Å². The van der Waals surface area contributed by atoms with Crippen LogP contribution < -0.4 is 0 Å². The van der Waals surface area contributed by atoms with Gasteiger partial charge in [0.2, 0.25) is 0 Å². The van der Waals surface area contributed by atoms with E-state index < -0.39 is 0 Å². The maximum absolute atomic E-state index is 13.3. The van der Waals surface area contributed by atoms with Crippen molar-refractivity contribution in [2.45, 2.75) is 290 Å². The van der Waals surface area contributed by atoms with E-state index in [0.717, 1.165) is 70.9 Å². The molecule has 0 aromatic rings. The summed E-state index contributed by atoms with van der Waals surface area (Å²) in [6.07, 6.45) is 75.2. The molecule has 2 unspecified atom stereocenters. The topological polar surface area (TPSA) is 48.0 Å². The fraction of sp³-hybridized carbons (Fsp3) is 0.797. The monoisotopic (exact) mass is 964 g/mol. The van der Waals surface area contributed by atoms with Gasteiger partial charge in [-0.15, -0.1) is 0 Å². The molecule has 5 heteroatoms. The lowest BCUT2D eigenvalue weighted by Gasteiger charge is -2.28. The molecular weight excluding hydrogens is 847 g/mol. The minimum Gasteiger partial charge on any atom is -0.459 e. The predicted molar refractivity (Wildman–Crippen MR) is 306 cm³/mol. The molecule has 0 saturated heterocycles. The first-order valence-corrected chi connectivity index (χ1v) is 30.0. The molecule has 0 rings (SSSR count). The summed E-state index contributed by atoms with van der Waals surface area (Å²) in [5, 5.41) is 0. The number of rotatable bonds is 55. The van der Waals surface area contributed by atoms with Crippen molar-refractivity contribution < 1.29 is 19.0 Å². The quantitative estimate of drug-likeness (QED) is 0.0345.